The van der Waals surface area contributed by atoms with Gasteiger partial charge in [-0.25, -0.2) is 14.5 Å². The number of amides is 3. The number of ether oxygens (including phenoxy) is 1. The molecule has 1 fully saturated rings. The van der Waals surface area contributed by atoms with Crippen molar-refractivity contribution in [2.45, 2.75) is 39.3 Å². The Balaban J connectivity index is 3.02. The summed E-state index contributed by atoms with van der Waals surface area (Å²) >= 11 is 0. The second-order valence-corrected chi connectivity index (χ2v) is 4.95. The lowest BCUT2D eigenvalue weighted by molar-refractivity contribution is -0.150. The van der Waals surface area contributed by atoms with Crippen LogP contribution in [0.1, 0.15) is 27.2 Å². The lowest BCUT2D eigenvalue weighted by Crippen LogP contribution is -2.46. The van der Waals surface area contributed by atoms with Crippen LogP contribution in [0.25, 0.3) is 0 Å². The third kappa shape index (κ3) is 2.47. The van der Waals surface area contributed by atoms with Gasteiger partial charge in [0.1, 0.15) is 12.1 Å². The minimum absolute atomic E-state index is 0.177. The number of hydrogen-bond donors (Lipinski definition) is 0. The molecule has 1 heterocycles. The number of carbonyl (C=O) groups is 3. The van der Waals surface area contributed by atoms with Crippen molar-refractivity contribution in [3.8, 4) is 0 Å². The SMILES string of the molecule is COC(=O)[C@H](CC(C)C)N1C(=O)C(C)N(C)C1=O. The highest BCUT2D eigenvalue weighted by atomic mass is 16.5. The maximum absolute atomic E-state index is 12.0. The number of hydrogen-bond acceptors (Lipinski definition) is 4. The summed E-state index contributed by atoms with van der Waals surface area (Å²) in [6, 6.07) is -1.80. The molecule has 0 N–H and O–H groups in total. The maximum Gasteiger partial charge on any atom is 0.329 e. The van der Waals surface area contributed by atoms with E-state index in [1.54, 1.807) is 14.0 Å². The molecule has 1 unspecified atom stereocenters. The van der Waals surface area contributed by atoms with Gasteiger partial charge in [0.05, 0.1) is 7.11 Å². The highest BCUT2D eigenvalue weighted by Crippen LogP contribution is 2.22. The molecule has 1 aliphatic heterocycles. The largest absolute Gasteiger partial charge is 0.467 e. The highest BCUT2D eigenvalue weighted by molar-refractivity contribution is 6.06. The van der Waals surface area contributed by atoms with Crippen LogP contribution in [0.3, 0.4) is 0 Å². The van der Waals surface area contributed by atoms with E-state index in [0.29, 0.717) is 6.42 Å². The number of likely N-dealkylation sites (N-methyl/N-ethyl adjacent to an activating group) is 1. The van der Waals surface area contributed by atoms with E-state index in [-0.39, 0.29) is 11.8 Å². The molecule has 0 aromatic heterocycles. The van der Waals surface area contributed by atoms with Crippen molar-refractivity contribution in [2.24, 2.45) is 5.92 Å². The van der Waals surface area contributed by atoms with E-state index in [1.165, 1.54) is 12.0 Å². The number of esters is 1. The number of carbonyl (C=O) groups excluding carboxylic acids is 3. The van der Waals surface area contributed by atoms with Gasteiger partial charge in [-0.15, -0.1) is 0 Å². The number of urea groups is 1. The molecule has 2 atom stereocenters. The van der Waals surface area contributed by atoms with Crippen molar-refractivity contribution in [1.82, 2.24) is 9.80 Å². The minimum Gasteiger partial charge on any atom is -0.467 e. The molecule has 102 valence electrons. The summed E-state index contributed by atoms with van der Waals surface area (Å²) in [5, 5.41) is 0. The van der Waals surface area contributed by atoms with Gasteiger partial charge in [-0.3, -0.25) is 4.79 Å². The number of methoxy groups -OCH3 is 1. The molecule has 0 aliphatic carbocycles. The zero-order valence-corrected chi connectivity index (χ0v) is 11.5. The maximum atomic E-state index is 12.0. The van der Waals surface area contributed by atoms with Gasteiger partial charge in [0.2, 0.25) is 0 Å². The Bertz CT molecular complexity index is 347. The van der Waals surface area contributed by atoms with Crippen molar-refractivity contribution in [2.75, 3.05) is 14.2 Å². The molecular formula is C12H20N2O4. The van der Waals surface area contributed by atoms with E-state index in [0.717, 1.165) is 4.90 Å². The molecule has 1 saturated heterocycles. The Morgan fingerprint density at radius 3 is 2.28 bits per heavy atom. The normalized spacial score (nSPS) is 21.8. The first-order valence-corrected chi connectivity index (χ1v) is 5.99. The Morgan fingerprint density at radius 1 is 1.39 bits per heavy atom. The van der Waals surface area contributed by atoms with Crippen LogP contribution < -0.4 is 0 Å². The van der Waals surface area contributed by atoms with Gasteiger partial charge in [0.15, 0.2) is 0 Å². The van der Waals surface area contributed by atoms with Gasteiger partial charge in [-0.1, -0.05) is 13.8 Å². The molecule has 3 amide bonds. The third-order valence-electron chi connectivity index (χ3n) is 3.16. The smallest absolute Gasteiger partial charge is 0.329 e. The molecule has 1 rings (SSSR count). The summed E-state index contributed by atoms with van der Waals surface area (Å²) in [5.41, 5.74) is 0. The molecule has 0 saturated carbocycles. The van der Waals surface area contributed by atoms with Crippen molar-refractivity contribution in [3.05, 3.63) is 0 Å². The van der Waals surface area contributed by atoms with Crippen LogP contribution in [0.15, 0.2) is 0 Å². The van der Waals surface area contributed by atoms with Gasteiger partial charge in [0.25, 0.3) is 5.91 Å². The van der Waals surface area contributed by atoms with E-state index in [4.69, 9.17) is 0 Å². The van der Waals surface area contributed by atoms with E-state index in [2.05, 4.69) is 4.74 Å². The summed E-state index contributed by atoms with van der Waals surface area (Å²) in [4.78, 5) is 38.1. The minimum atomic E-state index is -0.831. The molecule has 0 aromatic rings. The van der Waals surface area contributed by atoms with E-state index >= 15 is 0 Å². The number of imide groups is 1. The molecule has 6 heteroatoms. The Hall–Kier alpha value is -1.59. The lowest BCUT2D eigenvalue weighted by atomic mass is 10.0. The van der Waals surface area contributed by atoms with E-state index in [1.807, 2.05) is 13.8 Å². The summed E-state index contributed by atoms with van der Waals surface area (Å²) < 4.78 is 4.69. The zero-order valence-electron chi connectivity index (χ0n) is 11.5. The second kappa shape index (κ2) is 5.37. The summed E-state index contributed by atoms with van der Waals surface area (Å²) in [7, 11) is 2.81. The second-order valence-electron chi connectivity index (χ2n) is 4.95. The van der Waals surface area contributed by atoms with Crippen LogP contribution in [-0.4, -0.2) is 53.9 Å². The first-order valence-electron chi connectivity index (χ1n) is 5.99. The van der Waals surface area contributed by atoms with Crippen LogP contribution in [0.4, 0.5) is 4.79 Å². The van der Waals surface area contributed by atoms with E-state index in [9.17, 15) is 14.4 Å². The monoisotopic (exact) mass is 256 g/mol. The van der Waals surface area contributed by atoms with Crippen molar-refractivity contribution < 1.29 is 19.1 Å². The standard InChI is InChI=1S/C12H20N2O4/c1-7(2)6-9(11(16)18-5)14-10(15)8(3)13(4)12(14)17/h7-9H,6H2,1-5H3/t8?,9-/m0/s1. The molecule has 0 aromatic carbocycles. The molecule has 6 nitrogen and oxygen atoms in total. The number of rotatable bonds is 4. The van der Waals surface area contributed by atoms with Crippen LogP contribution in [0.2, 0.25) is 0 Å². The Morgan fingerprint density at radius 2 is 1.94 bits per heavy atom. The fourth-order valence-electron chi connectivity index (χ4n) is 1.97. The molecule has 0 spiro atoms. The van der Waals surface area contributed by atoms with Crippen molar-refractivity contribution in [3.63, 3.8) is 0 Å². The lowest BCUT2D eigenvalue weighted by Gasteiger charge is -2.24. The van der Waals surface area contributed by atoms with Crippen LogP contribution >= 0.6 is 0 Å². The topological polar surface area (TPSA) is 66.9 Å². The van der Waals surface area contributed by atoms with Crippen LogP contribution in [0.5, 0.6) is 0 Å². The quantitative estimate of drug-likeness (QED) is 0.552. The predicted octanol–water partition coefficient (Wildman–Crippen LogP) is 0.857. The van der Waals surface area contributed by atoms with Crippen LogP contribution in [0, 0.1) is 5.92 Å². The third-order valence-corrected chi connectivity index (χ3v) is 3.16. The van der Waals surface area contributed by atoms with Gasteiger partial charge in [0, 0.05) is 7.05 Å². The van der Waals surface area contributed by atoms with E-state index < -0.39 is 24.1 Å². The molecule has 0 radical (unpaired) electrons. The van der Waals surface area contributed by atoms with Crippen molar-refractivity contribution >= 4 is 17.9 Å². The molecular weight excluding hydrogens is 236 g/mol. The Kier molecular flexibility index (Phi) is 4.32. The molecule has 18 heavy (non-hydrogen) atoms. The van der Waals surface area contributed by atoms with Gasteiger partial charge in [-0.2, -0.15) is 0 Å². The summed E-state index contributed by atoms with van der Waals surface area (Å²) in [6.07, 6.45) is 0.407. The van der Waals surface area contributed by atoms with Crippen LogP contribution in [-0.2, 0) is 14.3 Å². The first kappa shape index (κ1) is 14.5. The molecule has 0 bridgehead atoms. The van der Waals surface area contributed by atoms with Crippen molar-refractivity contribution in [1.29, 1.82) is 0 Å². The highest BCUT2D eigenvalue weighted by Gasteiger charge is 2.46. The fourth-order valence-corrected chi connectivity index (χ4v) is 1.97. The molecule has 1 aliphatic rings. The van der Waals surface area contributed by atoms with Gasteiger partial charge < -0.3 is 9.64 Å². The Labute approximate surface area is 107 Å². The van der Waals surface area contributed by atoms with Gasteiger partial charge in [-0.05, 0) is 19.3 Å². The average Bonchev–Trinajstić information content (AvgIpc) is 2.50. The number of nitrogens with zero attached hydrogens (tertiary/aromatic N) is 2. The zero-order chi connectivity index (χ0) is 14.0. The fraction of sp³-hybridized carbons (Fsp3) is 0.750. The van der Waals surface area contributed by atoms with Gasteiger partial charge >= 0.3 is 12.0 Å². The summed E-state index contributed by atoms with van der Waals surface area (Å²) in [6.45, 7) is 5.49. The predicted molar refractivity (Wildman–Crippen MR) is 64.7 cm³/mol. The average molecular weight is 256 g/mol. The summed E-state index contributed by atoms with van der Waals surface area (Å²) in [5.74, 6) is -0.720. The first-order chi connectivity index (χ1) is 8.31.